The molecule has 1 aromatic rings. The number of carbonyl (C=O) groups excluding carboxylic acids is 3. The Balaban J connectivity index is 2.05. The molecule has 4 amide bonds. The fourth-order valence-corrected chi connectivity index (χ4v) is 3.10. The van der Waals surface area contributed by atoms with E-state index in [1.165, 1.54) is 10.0 Å². The van der Waals surface area contributed by atoms with Gasteiger partial charge in [0.2, 0.25) is 0 Å². The number of alkyl carbamates (subject to hydrolysis) is 1. The Kier molecular flexibility index (Phi) is 8.02. The van der Waals surface area contributed by atoms with Gasteiger partial charge in [0.15, 0.2) is 0 Å². The zero-order chi connectivity index (χ0) is 22.3. The molecule has 1 fully saturated rings. The van der Waals surface area contributed by atoms with Crippen molar-refractivity contribution in [1.29, 1.82) is 0 Å². The maximum atomic E-state index is 13.3. The Labute approximate surface area is 178 Å². The topological polar surface area (TPSA) is 104 Å². The standard InChI is InChI=1S/C21H33N5O4/c1-6-15(2)17(24-20(29)30-21(3,4)5)18(27)25-12-7-13-26(25)19(28)23-14-16-8-10-22-11-9-16/h8-11,15,17H,6-7,12-14H2,1-5H3,(H,23,28)(H,24,29)/t15-,17-/m0/s1. The van der Waals surface area contributed by atoms with Gasteiger partial charge in [0.05, 0.1) is 0 Å². The van der Waals surface area contributed by atoms with Crippen molar-refractivity contribution in [2.45, 2.75) is 65.6 Å². The van der Waals surface area contributed by atoms with Crippen molar-refractivity contribution in [3.05, 3.63) is 30.1 Å². The fraction of sp³-hybridized carbons (Fsp3) is 0.619. The highest BCUT2D eigenvalue weighted by Gasteiger charge is 2.37. The van der Waals surface area contributed by atoms with Crippen molar-refractivity contribution in [1.82, 2.24) is 25.6 Å². The third-order valence-corrected chi connectivity index (χ3v) is 4.86. The van der Waals surface area contributed by atoms with Crippen molar-refractivity contribution in [3.63, 3.8) is 0 Å². The molecule has 1 aliphatic heterocycles. The number of carbonyl (C=O) groups is 3. The molecule has 2 heterocycles. The second-order valence-corrected chi connectivity index (χ2v) is 8.46. The summed E-state index contributed by atoms with van der Waals surface area (Å²) in [4.78, 5) is 42.2. The molecular formula is C21H33N5O4. The maximum Gasteiger partial charge on any atom is 0.408 e. The molecule has 0 unspecified atom stereocenters. The van der Waals surface area contributed by atoms with Crippen LogP contribution in [-0.4, -0.2) is 57.8 Å². The molecule has 1 aromatic heterocycles. The summed E-state index contributed by atoms with van der Waals surface area (Å²) in [6.07, 6.45) is 4.04. The zero-order valence-electron chi connectivity index (χ0n) is 18.5. The van der Waals surface area contributed by atoms with Crippen molar-refractivity contribution in [2.75, 3.05) is 13.1 Å². The molecule has 2 rings (SSSR count). The molecule has 0 spiro atoms. The van der Waals surface area contributed by atoms with E-state index >= 15 is 0 Å². The molecule has 30 heavy (non-hydrogen) atoms. The Hall–Kier alpha value is -2.84. The minimum absolute atomic E-state index is 0.118. The number of amides is 4. The molecule has 0 aromatic carbocycles. The highest BCUT2D eigenvalue weighted by Crippen LogP contribution is 2.18. The molecular weight excluding hydrogens is 386 g/mol. The number of hydrogen-bond donors (Lipinski definition) is 2. The maximum absolute atomic E-state index is 13.3. The minimum Gasteiger partial charge on any atom is -0.444 e. The van der Waals surface area contributed by atoms with Gasteiger partial charge in [0, 0.05) is 32.0 Å². The molecule has 9 nitrogen and oxygen atoms in total. The molecule has 9 heteroatoms. The van der Waals surface area contributed by atoms with Gasteiger partial charge < -0.3 is 15.4 Å². The summed E-state index contributed by atoms with van der Waals surface area (Å²) < 4.78 is 5.32. The van der Waals surface area contributed by atoms with Crippen LogP contribution in [0, 0.1) is 5.92 Å². The first kappa shape index (κ1) is 23.4. The number of urea groups is 1. The predicted molar refractivity (Wildman–Crippen MR) is 112 cm³/mol. The Morgan fingerprint density at radius 3 is 2.40 bits per heavy atom. The van der Waals surface area contributed by atoms with Crippen LogP contribution in [0.4, 0.5) is 9.59 Å². The minimum atomic E-state index is -0.779. The van der Waals surface area contributed by atoms with Gasteiger partial charge >= 0.3 is 12.1 Å². The predicted octanol–water partition coefficient (Wildman–Crippen LogP) is 2.68. The first-order chi connectivity index (χ1) is 14.1. The van der Waals surface area contributed by atoms with E-state index in [0.717, 1.165) is 5.56 Å². The lowest BCUT2D eigenvalue weighted by Gasteiger charge is -2.33. The summed E-state index contributed by atoms with van der Waals surface area (Å²) >= 11 is 0. The highest BCUT2D eigenvalue weighted by atomic mass is 16.6. The van der Waals surface area contributed by atoms with Crippen molar-refractivity contribution < 1.29 is 19.1 Å². The average Bonchev–Trinajstić information content (AvgIpc) is 3.18. The number of nitrogens with one attached hydrogen (secondary N) is 2. The normalized spacial score (nSPS) is 16.0. The van der Waals surface area contributed by atoms with Gasteiger partial charge in [-0.05, 0) is 50.8 Å². The number of nitrogens with zero attached hydrogens (tertiary/aromatic N) is 3. The molecule has 2 atom stereocenters. The lowest BCUT2D eigenvalue weighted by atomic mass is 9.98. The first-order valence-electron chi connectivity index (χ1n) is 10.4. The molecule has 1 aliphatic rings. The number of hydrogen-bond acceptors (Lipinski definition) is 5. The van der Waals surface area contributed by atoms with Crippen LogP contribution < -0.4 is 10.6 Å². The van der Waals surface area contributed by atoms with Gasteiger partial charge in [-0.3, -0.25) is 9.78 Å². The van der Waals surface area contributed by atoms with Crippen LogP contribution in [0.2, 0.25) is 0 Å². The molecule has 0 bridgehead atoms. The number of aromatic nitrogens is 1. The molecule has 0 aliphatic carbocycles. The molecule has 2 N–H and O–H groups in total. The average molecular weight is 420 g/mol. The fourth-order valence-electron chi connectivity index (χ4n) is 3.10. The Morgan fingerprint density at radius 2 is 1.80 bits per heavy atom. The van der Waals surface area contributed by atoms with E-state index in [4.69, 9.17) is 4.74 Å². The molecule has 1 saturated heterocycles. The van der Waals surface area contributed by atoms with E-state index in [1.807, 2.05) is 26.0 Å². The quantitative estimate of drug-likeness (QED) is 0.738. The van der Waals surface area contributed by atoms with Crippen LogP contribution in [0.25, 0.3) is 0 Å². The molecule has 166 valence electrons. The zero-order valence-corrected chi connectivity index (χ0v) is 18.5. The summed E-state index contributed by atoms with van der Waals surface area (Å²) in [5.74, 6) is -0.431. The number of rotatable bonds is 6. The van der Waals surface area contributed by atoms with Gasteiger partial charge in [-0.1, -0.05) is 20.3 Å². The van der Waals surface area contributed by atoms with Gasteiger partial charge in [-0.15, -0.1) is 0 Å². The summed E-state index contributed by atoms with van der Waals surface area (Å²) in [6, 6.07) is 2.50. The van der Waals surface area contributed by atoms with E-state index in [0.29, 0.717) is 32.5 Å². The van der Waals surface area contributed by atoms with E-state index in [2.05, 4.69) is 15.6 Å². The first-order valence-corrected chi connectivity index (χ1v) is 10.4. The Bertz CT molecular complexity index is 735. The van der Waals surface area contributed by atoms with E-state index in [1.54, 1.807) is 33.2 Å². The third-order valence-electron chi connectivity index (χ3n) is 4.86. The monoisotopic (exact) mass is 419 g/mol. The van der Waals surface area contributed by atoms with Gasteiger partial charge in [-0.2, -0.15) is 0 Å². The van der Waals surface area contributed by atoms with Crippen LogP contribution in [0.1, 0.15) is 53.0 Å². The third kappa shape index (κ3) is 6.60. The number of pyridine rings is 1. The van der Waals surface area contributed by atoms with E-state index in [9.17, 15) is 14.4 Å². The van der Waals surface area contributed by atoms with Crippen LogP contribution in [0.15, 0.2) is 24.5 Å². The largest absolute Gasteiger partial charge is 0.444 e. The van der Waals surface area contributed by atoms with Gasteiger partial charge in [0.25, 0.3) is 5.91 Å². The van der Waals surface area contributed by atoms with Crippen molar-refractivity contribution in [2.24, 2.45) is 5.92 Å². The van der Waals surface area contributed by atoms with Gasteiger partial charge in [-0.25, -0.2) is 19.6 Å². The van der Waals surface area contributed by atoms with Crippen LogP contribution in [-0.2, 0) is 16.1 Å². The number of ether oxygens (including phenoxy) is 1. The second-order valence-electron chi connectivity index (χ2n) is 8.46. The Morgan fingerprint density at radius 1 is 1.17 bits per heavy atom. The lowest BCUT2D eigenvalue weighted by molar-refractivity contribution is -0.143. The van der Waals surface area contributed by atoms with E-state index in [-0.39, 0.29) is 17.9 Å². The molecule has 0 saturated carbocycles. The summed E-state index contributed by atoms with van der Waals surface area (Å²) in [6.45, 7) is 10.3. The van der Waals surface area contributed by atoms with Gasteiger partial charge in [0.1, 0.15) is 11.6 Å². The summed E-state index contributed by atoms with van der Waals surface area (Å²) in [7, 11) is 0. The lowest BCUT2D eigenvalue weighted by Crippen LogP contribution is -2.57. The SMILES string of the molecule is CC[C@H](C)[C@H](NC(=O)OC(C)(C)C)C(=O)N1CCCN1C(=O)NCc1ccncc1. The number of hydrazine groups is 1. The van der Waals surface area contributed by atoms with Crippen LogP contribution >= 0.6 is 0 Å². The summed E-state index contributed by atoms with van der Waals surface area (Å²) in [5.41, 5.74) is 0.249. The van der Waals surface area contributed by atoms with Crippen molar-refractivity contribution >= 4 is 18.0 Å². The van der Waals surface area contributed by atoms with Crippen LogP contribution in [0.3, 0.4) is 0 Å². The highest BCUT2D eigenvalue weighted by molar-refractivity contribution is 5.88. The summed E-state index contributed by atoms with van der Waals surface area (Å²) in [5, 5.41) is 8.37. The smallest absolute Gasteiger partial charge is 0.408 e. The van der Waals surface area contributed by atoms with Crippen LogP contribution in [0.5, 0.6) is 0 Å². The van der Waals surface area contributed by atoms with Crippen molar-refractivity contribution in [3.8, 4) is 0 Å². The van der Waals surface area contributed by atoms with E-state index < -0.39 is 17.7 Å². The second kappa shape index (κ2) is 10.3. The molecule has 0 radical (unpaired) electrons.